The quantitative estimate of drug-likeness (QED) is 0.222. The van der Waals surface area contributed by atoms with E-state index in [1.54, 1.807) is 6.07 Å². The molecule has 1 fully saturated rings. The van der Waals surface area contributed by atoms with Gasteiger partial charge >= 0.3 is 0 Å². The van der Waals surface area contributed by atoms with E-state index in [1.807, 2.05) is 18.2 Å². The molecule has 0 spiro atoms. The number of hydrogen-bond acceptors (Lipinski definition) is 2. The SMILES string of the molecule is CC(C)c1c(C(=O)CCc2ccc(F)c(F)c2)c2ccc(CN3CCCC3)cc2n1Cc1ccccc1. The maximum Gasteiger partial charge on any atom is 0.165 e. The highest BCUT2D eigenvalue weighted by atomic mass is 19.2. The van der Waals surface area contributed by atoms with Gasteiger partial charge in [0.05, 0.1) is 0 Å². The van der Waals surface area contributed by atoms with E-state index in [9.17, 15) is 13.6 Å². The van der Waals surface area contributed by atoms with Gasteiger partial charge in [0, 0.05) is 41.7 Å². The highest BCUT2D eigenvalue weighted by Gasteiger charge is 2.25. The number of nitrogens with zero attached hydrogens (tertiary/aromatic N) is 2. The largest absolute Gasteiger partial charge is 0.339 e. The Morgan fingerprint density at radius 3 is 2.27 bits per heavy atom. The fourth-order valence-corrected chi connectivity index (χ4v) is 5.62. The summed E-state index contributed by atoms with van der Waals surface area (Å²) in [6.45, 7) is 8.14. The van der Waals surface area contributed by atoms with E-state index in [0.717, 1.165) is 47.9 Å². The first-order valence-corrected chi connectivity index (χ1v) is 13.3. The number of Topliss-reactive ketones (excluding diaryl/α,β-unsaturated/α-hetero) is 1. The second-order valence-electron chi connectivity index (χ2n) is 10.5. The third-order valence-corrected chi connectivity index (χ3v) is 7.41. The zero-order valence-electron chi connectivity index (χ0n) is 21.6. The van der Waals surface area contributed by atoms with Crippen LogP contribution in [0.25, 0.3) is 10.9 Å². The van der Waals surface area contributed by atoms with E-state index in [-0.39, 0.29) is 18.1 Å². The standard InChI is InChI=1S/C32H34F2N2O/c1-22(2)32-31(30(37)15-12-23-11-14-27(33)28(34)18-23)26-13-10-25(20-35-16-6-7-17-35)19-29(26)36(32)21-24-8-4-3-5-9-24/h3-5,8-11,13-14,18-19,22H,6-7,12,15-17,20-21H2,1-2H3. The maximum absolute atomic E-state index is 13.7. The van der Waals surface area contributed by atoms with E-state index >= 15 is 0 Å². The second kappa shape index (κ2) is 11.0. The molecule has 192 valence electrons. The van der Waals surface area contributed by atoms with Crippen LogP contribution in [-0.2, 0) is 19.5 Å². The molecule has 5 heteroatoms. The van der Waals surface area contributed by atoms with Crippen LogP contribution in [0.5, 0.6) is 0 Å². The molecule has 1 aromatic heterocycles. The Labute approximate surface area is 217 Å². The van der Waals surface area contributed by atoms with Crippen LogP contribution in [0.1, 0.15) is 71.8 Å². The van der Waals surface area contributed by atoms with E-state index < -0.39 is 11.6 Å². The molecule has 0 unspecified atom stereocenters. The van der Waals surface area contributed by atoms with Crippen LogP contribution >= 0.6 is 0 Å². The molecular weight excluding hydrogens is 466 g/mol. The molecule has 0 atom stereocenters. The van der Waals surface area contributed by atoms with Crippen LogP contribution < -0.4 is 0 Å². The summed E-state index contributed by atoms with van der Waals surface area (Å²) in [5, 5.41) is 0.972. The maximum atomic E-state index is 13.7. The smallest absolute Gasteiger partial charge is 0.165 e. The zero-order chi connectivity index (χ0) is 25.9. The molecule has 5 rings (SSSR count). The van der Waals surface area contributed by atoms with Crippen LogP contribution in [0.4, 0.5) is 8.78 Å². The number of halogens is 2. The molecule has 0 radical (unpaired) electrons. The van der Waals surface area contributed by atoms with Crippen molar-refractivity contribution in [1.82, 2.24) is 9.47 Å². The van der Waals surface area contributed by atoms with E-state index in [0.29, 0.717) is 18.5 Å². The zero-order valence-corrected chi connectivity index (χ0v) is 21.6. The monoisotopic (exact) mass is 500 g/mol. The number of likely N-dealkylation sites (tertiary alicyclic amines) is 1. The van der Waals surface area contributed by atoms with Crippen LogP contribution in [-0.4, -0.2) is 28.3 Å². The molecule has 3 aromatic carbocycles. The van der Waals surface area contributed by atoms with Crippen LogP contribution in [0, 0.1) is 11.6 Å². The highest BCUT2D eigenvalue weighted by Crippen LogP contribution is 2.34. The molecule has 0 aliphatic carbocycles. The van der Waals surface area contributed by atoms with Crippen LogP contribution in [0.2, 0.25) is 0 Å². The van der Waals surface area contributed by atoms with Crippen molar-refractivity contribution in [3.63, 3.8) is 0 Å². The Bertz CT molecular complexity index is 1400. The van der Waals surface area contributed by atoms with Gasteiger partial charge in [0.2, 0.25) is 0 Å². The third kappa shape index (κ3) is 5.52. The number of aryl methyl sites for hydroxylation is 1. The number of ketones is 1. The van der Waals surface area contributed by atoms with Crippen molar-refractivity contribution >= 4 is 16.7 Å². The molecule has 1 aliphatic rings. The predicted octanol–water partition coefficient (Wildman–Crippen LogP) is 7.50. The fraction of sp³-hybridized carbons (Fsp3) is 0.344. The molecule has 1 saturated heterocycles. The van der Waals surface area contributed by atoms with E-state index in [4.69, 9.17) is 0 Å². The average Bonchev–Trinajstić information content (AvgIpc) is 3.51. The lowest BCUT2D eigenvalue weighted by Crippen LogP contribution is -2.18. The first kappa shape index (κ1) is 25.3. The summed E-state index contributed by atoms with van der Waals surface area (Å²) in [4.78, 5) is 16.2. The van der Waals surface area contributed by atoms with Crippen LogP contribution in [0.3, 0.4) is 0 Å². The summed E-state index contributed by atoms with van der Waals surface area (Å²) in [5.41, 5.74) is 5.95. The number of carbonyl (C=O) groups is 1. The number of rotatable bonds is 9. The highest BCUT2D eigenvalue weighted by molar-refractivity contribution is 6.10. The third-order valence-electron chi connectivity index (χ3n) is 7.41. The van der Waals surface area contributed by atoms with Crippen molar-refractivity contribution < 1.29 is 13.6 Å². The lowest BCUT2D eigenvalue weighted by atomic mass is 9.96. The summed E-state index contributed by atoms with van der Waals surface area (Å²) in [5.74, 6) is -1.57. The lowest BCUT2D eigenvalue weighted by molar-refractivity contribution is 0.0983. The Morgan fingerprint density at radius 1 is 0.838 bits per heavy atom. The average molecular weight is 501 g/mol. The van der Waals surface area contributed by atoms with Crippen molar-refractivity contribution in [3.05, 3.63) is 106 Å². The lowest BCUT2D eigenvalue weighted by Gasteiger charge is -2.16. The van der Waals surface area contributed by atoms with Gasteiger partial charge in [0.1, 0.15) is 0 Å². The normalized spacial score (nSPS) is 14.2. The summed E-state index contributed by atoms with van der Waals surface area (Å²) in [7, 11) is 0. The number of carbonyl (C=O) groups excluding carboxylic acids is 1. The predicted molar refractivity (Wildman–Crippen MR) is 145 cm³/mol. The number of hydrogen-bond donors (Lipinski definition) is 0. The Balaban J connectivity index is 1.55. The Kier molecular flexibility index (Phi) is 7.52. The molecule has 0 amide bonds. The molecule has 0 saturated carbocycles. The Hall–Kier alpha value is -3.31. The first-order valence-electron chi connectivity index (χ1n) is 13.3. The molecule has 0 N–H and O–H groups in total. The fourth-order valence-electron chi connectivity index (χ4n) is 5.62. The molecule has 3 nitrogen and oxygen atoms in total. The van der Waals surface area contributed by atoms with Gasteiger partial charge in [-0.25, -0.2) is 8.78 Å². The van der Waals surface area contributed by atoms with Crippen molar-refractivity contribution in [2.75, 3.05) is 13.1 Å². The first-order chi connectivity index (χ1) is 17.9. The molecule has 1 aliphatic heterocycles. The van der Waals surface area contributed by atoms with E-state index in [2.05, 4.69) is 53.6 Å². The van der Waals surface area contributed by atoms with Crippen molar-refractivity contribution in [2.24, 2.45) is 0 Å². The van der Waals surface area contributed by atoms with Gasteiger partial charge in [-0.1, -0.05) is 62.4 Å². The van der Waals surface area contributed by atoms with Gasteiger partial charge in [-0.15, -0.1) is 0 Å². The molecule has 37 heavy (non-hydrogen) atoms. The minimum atomic E-state index is -0.877. The summed E-state index contributed by atoms with van der Waals surface area (Å²) >= 11 is 0. The van der Waals surface area contributed by atoms with E-state index in [1.165, 1.54) is 30.0 Å². The van der Waals surface area contributed by atoms with Crippen molar-refractivity contribution in [1.29, 1.82) is 0 Å². The number of aromatic nitrogens is 1. The van der Waals surface area contributed by atoms with Gasteiger partial charge in [0.15, 0.2) is 17.4 Å². The van der Waals surface area contributed by atoms with Gasteiger partial charge in [0.25, 0.3) is 0 Å². The minimum Gasteiger partial charge on any atom is -0.339 e. The second-order valence-corrected chi connectivity index (χ2v) is 10.5. The number of fused-ring (bicyclic) bond motifs is 1. The van der Waals surface area contributed by atoms with Gasteiger partial charge in [-0.3, -0.25) is 9.69 Å². The molecule has 2 heterocycles. The topological polar surface area (TPSA) is 25.2 Å². The van der Waals surface area contributed by atoms with Gasteiger partial charge < -0.3 is 4.57 Å². The summed E-state index contributed by atoms with van der Waals surface area (Å²) in [6.07, 6.45) is 3.11. The summed E-state index contributed by atoms with van der Waals surface area (Å²) in [6, 6.07) is 20.7. The minimum absolute atomic E-state index is 0.0394. The van der Waals surface area contributed by atoms with Crippen LogP contribution in [0.15, 0.2) is 66.7 Å². The Morgan fingerprint density at radius 2 is 1.57 bits per heavy atom. The molecule has 0 bridgehead atoms. The van der Waals surface area contributed by atoms with Gasteiger partial charge in [-0.05, 0) is 73.2 Å². The number of benzene rings is 3. The molecule has 4 aromatic rings. The van der Waals surface area contributed by atoms with Crippen molar-refractivity contribution in [3.8, 4) is 0 Å². The summed E-state index contributed by atoms with van der Waals surface area (Å²) < 4.78 is 29.4. The van der Waals surface area contributed by atoms with Crippen molar-refractivity contribution in [2.45, 2.75) is 58.5 Å². The molecular formula is C32H34F2N2O. The van der Waals surface area contributed by atoms with Gasteiger partial charge in [-0.2, -0.15) is 0 Å².